The first-order chi connectivity index (χ1) is 20.1. The zero-order valence-electron chi connectivity index (χ0n) is 27.0. The van der Waals surface area contributed by atoms with Crippen molar-refractivity contribution in [2.45, 2.75) is 66.2 Å². The molecule has 0 saturated carbocycles. The van der Waals surface area contributed by atoms with E-state index in [1.165, 1.54) is 11.1 Å². The number of ether oxygens (including phenoxy) is 1. The van der Waals surface area contributed by atoms with Gasteiger partial charge in [0.2, 0.25) is 5.91 Å². The van der Waals surface area contributed by atoms with Crippen LogP contribution in [0.25, 0.3) is 0 Å². The molecule has 2 aromatic carbocycles. The third-order valence-electron chi connectivity index (χ3n) is 8.67. The van der Waals surface area contributed by atoms with Crippen LogP contribution in [0, 0.1) is 19.3 Å². The van der Waals surface area contributed by atoms with Crippen molar-refractivity contribution in [3.8, 4) is 5.75 Å². The summed E-state index contributed by atoms with van der Waals surface area (Å²) in [5, 5.41) is 9.45. The smallest absolute Gasteiger partial charge is 0.226 e. The van der Waals surface area contributed by atoms with E-state index < -0.39 is 5.41 Å². The van der Waals surface area contributed by atoms with Gasteiger partial charge in [0, 0.05) is 66.5 Å². The number of carbonyl (C=O) groups is 1. The number of nitrogens with two attached hydrogens (primary N) is 1. The van der Waals surface area contributed by atoms with Crippen molar-refractivity contribution in [2.75, 3.05) is 44.8 Å². The summed E-state index contributed by atoms with van der Waals surface area (Å²) in [5.41, 5.74) is 14.2. The third kappa shape index (κ3) is 7.47. The van der Waals surface area contributed by atoms with E-state index in [4.69, 9.17) is 10.5 Å². The van der Waals surface area contributed by atoms with Crippen LogP contribution in [0.3, 0.4) is 0 Å². The minimum atomic E-state index is -0.743. The molecule has 8 N–H and O–H groups in total. The molecule has 1 aliphatic rings. The molecule has 0 unspecified atom stereocenters. The molecule has 43 heavy (non-hydrogen) atoms. The highest BCUT2D eigenvalue weighted by molar-refractivity contribution is 5.84. The fourth-order valence-electron chi connectivity index (χ4n) is 5.99. The van der Waals surface area contributed by atoms with Gasteiger partial charge in [-0.15, -0.1) is 0 Å². The summed E-state index contributed by atoms with van der Waals surface area (Å²) in [4.78, 5) is 20.5. The van der Waals surface area contributed by atoms with Crippen LogP contribution >= 0.6 is 0 Å². The number of fused-ring (bicyclic) bond motifs is 1. The fraction of sp³-hybridized carbons (Fsp3) is 0.471. The number of nitrogen functional groups attached to an aromatic ring is 1. The summed E-state index contributed by atoms with van der Waals surface area (Å²) in [5.74, 6) is 0.731. The molecular formula is C34H55N7O2. The molecular weight excluding hydrogens is 538 g/mol. The number of aryl methyl sites for hydroxylation is 1. The van der Waals surface area contributed by atoms with Crippen LogP contribution < -0.4 is 32.6 Å². The van der Waals surface area contributed by atoms with Crippen LogP contribution in [0.2, 0.25) is 0 Å². The minimum absolute atomic E-state index is 0. The minimum Gasteiger partial charge on any atom is -0.489 e. The maximum atomic E-state index is 13.7. The van der Waals surface area contributed by atoms with Gasteiger partial charge < -0.3 is 32.6 Å². The molecule has 9 nitrogen and oxygen atoms in total. The van der Waals surface area contributed by atoms with E-state index in [1.54, 1.807) is 6.20 Å². The number of rotatable bonds is 11. The summed E-state index contributed by atoms with van der Waals surface area (Å²) in [6, 6.07) is 12.8. The molecule has 1 aliphatic heterocycles. The Bertz CT molecular complexity index is 1400. The fourth-order valence-corrected chi connectivity index (χ4v) is 5.99. The lowest BCUT2D eigenvalue weighted by atomic mass is 9.69. The van der Waals surface area contributed by atoms with Crippen molar-refractivity contribution >= 4 is 17.3 Å². The van der Waals surface area contributed by atoms with E-state index in [2.05, 4.69) is 70.9 Å². The molecule has 238 valence electrons. The van der Waals surface area contributed by atoms with Crippen LogP contribution in [-0.2, 0) is 17.9 Å². The van der Waals surface area contributed by atoms with Crippen molar-refractivity contribution in [3.05, 3.63) is 82.2 Å². The van der Waals surface area contributed by atoms with Gasteiger partial charge in [-0.3, -0.25) is 14.7 Å². The van der Waals surface area contributed by atoms with Crippen molar-refractivity contribution in [1.29, 1.82) is 0 Å². The Morgan fingerprint density at radius 3 is 2.65 bits per heavy atom. The van der Waals surface area contributed by atoms with E-state index in [0.29, 0.717) is 18.8 Å². The second kappa shape index (κ2) is 14.7. The number of amides is 1. The number of likely N-dealkylation sites (N-methyl/N-ethyl adjacent to an activating group) is 1. The van der Waals surface area contributed by atoms with Gasteiger partial charge in [-0.05, 0) is 67.3 Å². The molecule has 9 heteroatoms. The lowest BCUT2D eigenvalue weighted by Crippen LogP contribution is -2.43. The van der Waals surface area contributed by atoms with E-state index >= 15 is 0 Å². The van der Waals surface area contributed by atoms with E-state index in [0.717, 1.165) is 59.7 Å². The summed E-state index contributed by atoms with van der Waals surface area (Å²) in [6.45, 7) is 14.1. The molecule has 0 bridgehead atoms. The van der Waals surface area contributed by atoms with E-state index in [9.17, 15) is 4.79 Å². The second-order valence-electron chi connectivity index (χ2n) is 12.0. The first-order valence-corrected chi connectivity index (χ1v) is 15.0. The normalized spacial score (nSPS) is 15.8. The number of nitrogens with zero attached hydrogens (tertiary/aromatic N) is 2. The van der Waals surface area contributed by atoms with Gasteiger partial charge in [0.05, 0.1) is 16.8 Å². The lowest BCUT2D eigenvalue weighted by Gasteiger charge is -2.36. The maximum Gasteiger partial charge on any atom is 0.226 e. The number of carbonyl (C=O) groups excluding carboxylic acids is 1. The van der Waals surface area contributed by atoms with Gasteiger partial charge in [0.1, 0.15) is 11.9 Å². The van der Waals surface area contributed by atoms with Crippen molar-refractivity contribution in [1.82, 2.24) is 26.7 Å². The van der Waals surface area contributed by atoms with Crippen molar-refractivity contribution < 1.29 is 12.4 Å². The van der Waals surface area contributed by atoms with Crippen LogP contribution in [0.4, 0.5) is 11.4 Å². The Kier molecular flexibility index (Phi) is 11.6. The van der Waals surface area contributed by atoms with E-state index in [-0.39, 0.29) is 26.9 Å². The number of nitrogens with one attached hydrogen (secondary N) is 3. The van der Waals surface area contributed by atoms with Gasteiger partial charge in [-0.1, -0.05) is 45.0 Å². The Hall–Kier alpha value is -3.66. The highest BCUT2D eigenvalue weighted by Gasteiger charge is 2.40. The van der Waals surface area contributed by atoms with Gasteiger partial charge in [-0.2, -0.15) is 0 Å². The highest BCUT2D eigenvalue weighted by atomic mass is 16.5. The number of hydrogen-bond donors (Lipinski definition) is 5. The molecule has 0 fully saturated rings. The molecule has 0 radical (unpaired) electrons. The molecule has 3 aromatic rings. The van der Waals surface area contributed by atoms with Crippen LogP contribution in [0.5, 0.6) is 5.75 Å². The van der Waals surface area contributed by atoms with Crippen LogP contribution in [-0.4, -0.2) is 55.6 Å². The Labute approximate surface area is 260 Å². The number of hydrogen-bond acceptors (Lipinski definition) is 8. The average Bonchev–Trinajstić information content (AvgIpc) is 3.15. The van der Waals surface area contributed by atoms with Crippen LogP contribution in [0.1, 0.15) is 69.3 Å². The first kappa shape index (κ1) is 33.8. The van der Waals surface area contributed by atoms with Crippen LogP contribution in [0.15, 0.2) is 48.8 Å². The molecule has 0 aliphatic carbocycles. The lowest BCUT2D eigenvalue weighted by molar-refractivity contribution is -0.130. The molecule has 0 saturated heterocycles. The number of benzene rings is 2. The Balaban J connectivity index is 0.00000337. The zero-order chi connectivity index (χ0) is 30.4. The van der Waals surface area contributed by atoms with Gasteiger partial charge in [-0.25, -0.2) is 0 Å². The largest absolute Gasteiger partial charge is 0.489 e. The highest BCUT2D eigenvalue weighted by Crippen LogP contribution is 2.45. The topological polar surface area (TPSA) is 140 Å². The number of pyridine rings is 1. The predicted octanol–water partition coefficient (Wildman–Crippen LogP) is 5.64. The second-order valence-corrected chi connectivity index (χ2v) is 12.0. The van der Waals surface area contributed by atoms with E-state index in [1.807, 2.05) is 46.3 Å². The molecule has 2 heterocycles. The third-order valence-corrected chi connectivity index (χ3v) is 8.67. The summed E-state index contributed by atoms with van der Waals surface area (Å²) in [7, 11) is 3.76. The van der Waals surface area contributed by atoms with Gasteiger partial charge >= 0.3 is 0 Å². The quantitative estimate of drug-likeness (QED) is 0.142. The molecule has 4 rings (SSSR count). The summed E-state index contributed by atoms with van der Waals surface area (Å²) >= 11 is 0. The predicted molar refractivity (Wildman–Crippen MR) is 181 cm³/mol. The average molecular weight is 594 g/mol. The van der Waals surface area contributed by atoms with Gasteiger partial charge in [0.15, 0.2) is 0 Å². The maximum absolute atomic E-state index is 13.7. The number of anilines is 2. The zero-order valence-corrected chi connectivity index (χ0v) is 27.0. The Morgan fingerprint density at radius 2 is 1.95 bits per heavy atom. The number of aromatic nitrogens is 1. The molecule has 1 aromatic heterocycles. The summed E-state index contributed by atoms with van der Waals surface area (Å²) < 4.78 is 6.33. The standard InChI is InChI=1S/C34H48N6O2.H3N.2H2/c1-8-27-21-40(20-26-18-38-14-13-30(26)42-27)19-25-17-24(10-9-22(25)2)31(34(4,5)33(41)39-16-15-36-6)28-11-12-29(37-7)32(35)23(28)3;;;/h9-14,17-18,27,31,36-37H,8,15-16,19-21,35H2,1-7H3,(H,39,41);1H3;2*1H/t27-,31+;;;/m1.../s1. The monoisotopic (exact) mass is 593 g/mol. The van der Waals surface area contributed by atoms with Crippen molar-refractivity contribution in [3.63, 3.8) is 0 Å². The van der Waals surface area contributed by atoms with Gasteiger partial charge in [0.25, 0.3) is 0 Å². The first-order valence-electron chi connectivity index (χ1n) is 15.0. The SMILES string of the molecule is CC[C@@H]1CN(Cc2cc([C@@H](c3ccc(NC)c(N)c3C)C(C)(C)C(=O)NCCNC)ccc2C)Cc2cnccc2O1.N.[HH].[HH]. The van der Waals surface area contributed by atoms with Crippen molar-refractivity contribution in [2.24, 2.45) is 5.41 Å². The molecule has 1 amide bonds. The summed E-state index contributed by atoms with van der Waals surface area (Å²) in [6.07, 6.45) is 4.75. The molecule has 0 spiro atoms. The Morgan fingerprint density at radius 1 is 1.19 bits per heavy atom. The molecule has 2 atom stereocenters.